The number of benzene rings is 1. The number of anilines is 1. The molecule has 1 aliphatic heterocycles. The highest BCUT2D eigenvalue weighted by Gasteiger charge is 2.15. The Labute approximate surface area is 143 Å². The van der Waals surface area contributed by atoms with Gasteiger partial charge in [-0.1, -0.05) is 24.3 Å². The molecule has 1 N–H and O–H groups in total. The van der Waals surface area contributed by atoms with Gasteiger partial charge in [-0.3, -0.25) is 4.79 Å². The van der Waals surface area contributed by atoms with Crippen molar-refractivity contribution in [2.75, 3.05) is 18.0 Å². The Morgan fingerprint density at radius 2 is 1.92 bits per heavy atom. The second-order valence-corrected chi connectivity index (χ2v) is 6.44. The lowest BCUT2D eigenvalue weighted by Crippen LogP contribution is -2.31. The van der Waals surface area contributed by atoms with E-state index in [0.29, 0.717) is 0 Å². The first kappa shape index (κ1) is 16.4. The van der Waals surface area contributed by atoms with Crippen LogP contribution >= 0.6 is 0 Å². The number of nitrogens with zero attached hydrogens (tertiary/aromatic N) is 3. The van der Waals surface area contributed by atoms with Crippen LogP contribution in [0.2, 0.25) is 0 Å². The summed E-state index contributed by atoms with van der Waals surface area (Å²) in [6.45, 7) is 5.65. The largest absolute Gasteiger partial charge is 0.354 e. The summed E-state index contributed by atoms with van der Waals surface area (Å²) < 4.78 is 0. The first-order valence-corrected chi connectivity index (χ1v) is 8.56. The molecule has 1 aromatic carbocycles. The molecule has 1 fully saturated rings. The predicted molar refractivity (Wildman–Crippen MR) is 95.9 cm³/mol. The van der Waals surface area contributed by atoms with Crippen LogP contribution in [0.25, 0.3) is 11.3 Å². The molecule has 2 aromatic rings. The normalized spacial score (nSPS) is 15.3. The van der Waals surface area contributed by atoms with Gasteiger partial charge in [0.05, 0.1) is 5.69 Å². The third-order valence-corrected chi connectivity index (χ3v) is 4.27. The molecule has 1 aliphatic rings. The number of amides is 1. The van der Waals surface area contributed by atoms with Gasteiger partial charge in [-0.05, 0) is 37.8 Å². The lowest BCUT2D eigenvalue weighted by Gasteiger charge is -2.15. The molecule has 5 heteroatoms. The van der Waals surface area contributed by atoms with Gasteiger partial charge in [0.15, 0.2) is 0 Å². The Hall–Kier alpha value is -2.43. The highest BCUT2D eigenvalue weighted by Crippen LogP contribution is 2.22. The zero-order valence-corrected chi connectivity index (χ0v) is 14.3. The molecule has 1 atom stereocenters. The molecule has 1 aromatic heterocycles. The summed E-state index contributed by atoms with van der Waals surface area (Å²) >= 11 is 0. The van der Waals surface area contributed by atoms with Gasteiger partial charge in [-0.25, -0.2) is 9.97 Å². The van der Waals surface area contributed by atoms with Crippen molar-refractivity contribution >= 4 is 11.9 Å². The van der Waals surface area contributed by atoms with Gasteiger partial charge in [-0.15, -0.1) is 0 Å². The van der Waals surface area contributed by atoms with E-state index in [1.807, 2.05) is 19.2 Å². The lowest BCUT2D eigenvalue weighted by molar-refractivity contribution is -0.119. The van der Waals surface area contributed by atoms with Gasteiger partial charge in [0.2, 0.25) is 11.9 Å². The number of carbonyl (C=O) groups excluding carboxylic acids is 1. The van der Waals surface area contributed by atoms with E-state index in [1.165, 1.54) is 18.4 Å². The maximum atomic E-state index is 11.1. The number of hydrogen-bond donors (Lipinski definition) is 1. The molecule has 3 rings (SSSR count). The number of aromatic nitrogens is 2. The maximum absolute atomic E-state index is 11.1. The Kier molecular flexibility index (Phi) is 5.08. The van der Waals surface area contributed by atoms with Crippen LogP contribution in [0.3, 0.4) is 0 Å². The van der Waals surface area contributed by atoms with Gasteiger partial charge in [-0.2, -0.15) is 0 Å². The standard InChI is InChI=1S/C19H24N4O/c1-14(21-15(2)24)13-16-5-7-17(8-6-16)18-9-10-20-19(22-18)23-11-3-4-12-23/h5-10,14H,3-4,11-13H2,1-2H3,(H,21,24). The van der Waals surface area contributed by atoms with E-state index >= 15 is 0 Å². The minimum absolute atomic E-state index is 0.00884. The SMILES string of the molecule is CC(=O)NC(C)Cc1ccc(-c2ccnc(N3CCCC3)n2)cc1. The average Bonchev–Trinajstić information content (AvgIpc) is 3.09. The number of rotatable bonds is 5. The maximum Gasteiger partial charge on any atom is 0.225 e. The van der Waals surface area contributed by atoms with Gasteiger partial charge < -0.3 is 10.2 Å². The molecule has 1 unspecified atom stereocenters. The summed E-state index contributed by atoms with van der Waals surface area (Å²) in [6.07, 6.45) is 5.09. The molecule has 0 radical (unpaired) electrons. The molecule has 126 valence electrons. The predicted octanol–water partition coefficient (Wildman–Crippen LogP) is 2.81. The van der Waals surface area contributed by atoms with Crippen LogP contribution in [0, 0.1) is 0 Å². The molecular formula is C19H24N4O. The van der Waals surface area contributed by atoms with E-state index in [-0.39, 0.29) is 11.9 Å². The van der Waals surface area contributed by atoms with Crippen molar-refractivity contribution in [2.24, 2.45) is 0 Å². The highest BCUT2D eigenvalue weighted by molar-refractivity contribution is 5.73. The zero-order valence-electron chi connectivity index (χ0n) is 14.3. The van der Waals surface area contributed by atoms with Crippen LogP contribution in [-0.4, -0.2) is 35.0 Å². The summed E-state index contributed by atoms with van der Waals surface area (Å²) in [4.78, 5) is 22.5. The van der Waals surface area contributed by atoms with Crippen molar-refractivity contribution in [1.82, 2.24) is 15.3 Å². The molecule has 2 heterocycles. The van der Waals surface area contributed by atoms with Crippen LogP contribution in [0.4, 0.5) is 5.95 Å². The third kappa shape index (κ3) is 4.10. The number of hydrogen-bond acceptors (Lipinski definition) is 4. The third-order valence-electron chi connectivity index (χ3n) is 4.27. The molecule has 0 aliphatic carbocycles. The summed E-state index contributed by atoms with van der Waals surface area (Å²) in [7, 11) is 0. The van der Waals surface area contributed by atoms with Crippen LogP contribution < -0.4 is 10.2 Å². The summed E-state index contributed by atoms with van der Waals surface area (Å²) in [5.74, 6) is 0.836. The molecular weight excluding hydrogens is 300 g/mol. The molecule has 5 nitrogen and oxygen atoms in total. The fraction of sp³-hybridized carbons (Fsp3) is 0.421. The number of nitrogens with one attached hydrogen (secondary N) is 1. The number of carbonyl (C=O) groups is 1. The van der Waals surface area contributed by atoms with Gasteiger partial charge >= 0.3 is 0 Å². The van der Waals surface area contributed by atoms with E-state index in [9.17, 15) is 4.79 Å². The Bertz CT molecular complexity index is 693. The van der Waals surface area contributed by atoms with Crippen LogP contribution in [-0.2, 0) is 11.2 Å². The summed E-state index contributed by atoms with van der Waals surface area (Å²) in [5.41, 5.74) is 3.25. The van der Waals surface area contributed by atoms with Crippen LogP contribution in [0.5, 0.6) is 0 Å². The van der Waals surface area contributed by atoms with E-state index in [1.54, 1.807) is 6.92 Å². The van der Waals surface area contributed by atoms with Gasteiger partial charge in [0, 0.05) is 37.8 Å². The van der Waals surface area contributed by atoms with Crippen molar-refractivity contribution in [3.63, 3.8) is 0 Å². The molecule has 0 bridgehead atoms. The summed E-state index contributed by atoms with van der Waals surface area (Å²) in [6, 6.07) is 10.5. The van der Waals surface area contributed by atoms with Gasteiger partial charge in [0.1, 0.15) is 0 Å². The minimum Gasteiger partial charge on any atom is -0.354 e. The first-order valence-electron chi connectivity index (χ1n) is 8.56. The Balaban J connectivity index is 1.71. The van der Waals surface area contributed by atoms with Crippen molar-refractivity contribution in [1.29, 1.82) is 0 Å². The van der Waals surface area contributed by atoms with E-state index in [4.69, 9.17) is 4.98 Å². The molecule has 1 saturated heterocycles. The van der Waals surface area contributed by atoms with Crippen molar-refractivity contribution in [3.05, 3.63) is 42.1 Å². The monoisotopic (exact) mass is 324 g/mol. The molecule has 24 heavy (non-hydrogen) atoms. The summed E-state index contributed by atoms with van der Waals surface area (Å²) in [5, 5.41) is 2.91. The van der Waals surface area contributed by atoms with Gasteiger partial charge in [0.25, 0.3) is 0 Å². The average molecular weight is 324 g/mol. The van der Waals surface area contributed by atoms with Crippen molar-refractivity contribution in [2.45, 2.75) is 39.2 Å². The quantitative estimate of drug-likeness (QED) is 0.919. The molecule has 0 saturated carbocycles. The van der Waals surface area contributed by atoms with Crippen molar-refractivity contribution < 1.29 is 4.79 Å². The topological polar surface area (TPSA) is 58.1 Å². The van der Waals surface area contributed by atoms with Crippen molar-refractivity contribution in [3.8, 4) is 11.3 Å². The molecule has 1 amide bonds. The minimum atomic E-state index is 0.00884. The Morgan fingerprint density at radius 1 is 1.21 bits per heavy atom. The fourth-order valence-electron chi connectivity index (χ4n) is 3.14. The first-order chi connectivity index (χ1) is 11.6. The Morgan fingerprint density at radius 3 is 2.58 bits per heavy atom. The second kappa shape index (κ2) is 7.43. The van der Waals surface area contributed by atoms with Crippen LogP contribution in [0.1, 0.15) is 32.3 Å². The lowest BCUT2D eigenvalue weighted by atomic mass is 10.0. The fourth-order valence-corrected chi connectivity index (χ4v) is 3.14. The van der Waals surface area contributed by atoms with Crippen LogP contribution in [0.15, 0.2) is 36.5 Å². The molecule has 0 spiro atoms. The van der Waals surface area contributed by atoms with E-state index in [0.717, 1.165) is 36.7 Å². The van der Waals surface area contributed by atoms with E-state index in [2.05, 4.69) is 39.5 Å². The highest BCUT2D eigenvalue weighted by atomic mass is 16.1. The smallest absolute Gasteiger partial charge is 0.225 e. The van der Waals surface area contributed by atoms with E-state index < -0.39 is 0 Å². The zero-order chi connectivity index (χ0) is 16.9. The second-order valence-electron chi connectivity index (χ2n) is 6.44.